The number of hydrogen-bond donors (Lipinski definition) is 1. The minimum atomic E-state index is -1.55. The lowest BCUT2D eigenvalue weighted by Crippen LogP contribution is -2.34. The van der Waals surface area contributed by atoms with Crippen molar-refractivity contribution in [3.05, 3.63) is 88.5 Å². The molecule has 0 aromatic heterocycles. The van der Waals surface area contributed by atoms with E-state index in [1.165, 1.54) is 12.8 Å². The molecule has 6 nitrogen and oxygen atoms in total. The fourth-order valence-electron chi connectivity index (χ4n) is 4.94. The third-order valence-corrected chi connectivity index (χ3v) is 8.52. The Hall–Kier alpha value is -3.29. The van der Waals surface area contributed by atoms with Gasteiger partial charge in [-0.05, 0) is 81.2 Å². The maximum atomic E-state index is 13.8. The van der Waals surface area contributed by atoms with Crippen LogP contribution in [0.25, 0.3) is 0 Å². The van der Waals surface area contributed by atoms with E-state index in [4.69, 9.17) is 0 Å². The van der Waals surface area contributed by atoms with Crippen LogP contribution < -0.4 is 10.2 Å². The quantitative estimate of drug-likeness (QED) is 0.542. The van der Waals surface area contributed by atoms with Gasteiger partial charge < -0.3 is 15.1 Å². The summed E-state index contributed by atoms with van der Waals surface area (Å²) in [4.78, 5) is 31.9. The summed E-state index contributed by atoms with van der Waals surface area (Å²) in [6.45, 7) is 7.92. The van der Waals surface area contributed by atoms with Crippen LogP contribution >= 0.6 is 0 Å². The van der Waals surface area contributed by atoms with Gasteiger partial charge in [0.2, 0.25) is 0 Å². The highest BCUT2D eigenvalue weighted by molar-refractivity contribution is 7.85. The van der Waals surface area contributed by atoms with Crippen molar-refractivity contribution < 1.29 is 13.8 Å². The Labute approximate surface area is 214 Å². The predicted octanol–water partition coefficient (Wildman–Crippen LogP) is 4.46. The molecule has 3 aromatic carbocycles. The first-order valence-electron chi connectivity index (χ1n) is 12.5. The number of nitrogens with one attached hydrogen (secondary N) is 1. The summed E-state index contributed by atoms with van der Waals surface area (Å²) in [7, 11) is -1.55. The van der Waals surface area contributed by atoms with Crippen molar-refractivity contribution in [2.45, 2.75) is 43.0 Å². The zero-order valence-electron chi connectivity index (χ0n) is 20.8. The molecule has 0 radical (unpaired) electrons. The van der Waals surface area contributed by atoms with Gasteiger partial charge >= 0.3 is 0 Å². The highest BCUT2D eigenvalue weighted by atomic mass is 32.2. The number of fused-ring (bicyclic) bond motifs is 2. The van der Waals surface area contributed by atoms with Gasteiger partial charge in [0, 0.05) is 18.7 Å². The summed E-state index contributed by atoms with van der Waals surface area (Å²) in [6.07, 6.45) is 2.42. The smallest absolute Gasteiger partial charge is 0.259 e. The molecule has 0 aliphatic carbocycles. The Morgan fingerprint density at radius 2 is 1.75 bits per heavy atom. The Balaban J connectivity index is 1.51. The van der Waals surface area contributed by atoms with Crippen LogP contribution in [0.1, 0.15) is 50.2 Å². The molecule has 5 rings (SSSR count). The first kappa shape index (κ1) is 24.4. The van der Waals surface area contributed by atoms with E-state index in [0.29, 0.717) is 39.7 Å². The second-order valence-corrected chi connectivity index (χ2v) is 11.0. The van der Waals surface area contributed by atoms with Crippen LogP contribution in [0, 0.1) is 13.8 Å². The number of hydrogen-bond acceptors (Lipinski definition) is 4. The van der Waals surface area contributed by atoms with Gasteiger partial charge in [-0.1, -0.05) is 35.9 Å². The zero-order valence-corrected chi connectivity index (χ0v) is 21.6. The van der Waals surface area contributed by atoms with Gasteiger partial charge in [0.1, 0.15) is 0 Å². The Bertz CT molecular complexity index is 1350. The summed E-state index contributed by atoms with van der Waals surface area (Å²) in [5.41, 5.74) is 4.59. The van der Waals surface area contributed by atoms with Crippen LogP contribution in [0.5, 0.6) is 0 Å². The van der Waals surface area contributed by atoms with Crippen molar-refractivity contribution in [3.8, 4) is 0 Å². The van der Waals surface area contributed by atoms with E-state index in [1.54, 1.807) is 47.4 Å². The summed E-state index contributed by atoms with van der Waals surface area (Å²) in [6, 6.07) is 18.4. The molecule has 1 N–H and O–H groups in total. The molecule has 186 valence electrons. The standard InChI is InChI=1S/C29H31N3O3S/c1-20-9-10-21(2)23(17-20)19-32-25-18-22(28(33)30-13-16-31-14-5-6-15-31)11-12-27(25)36(35)26-8-4-3-7-24(26)29(32)34/h3-4,7-12,17-18H,5-6,13-16,19H2,1-2H3,(H,30,33). The molecule has 0 bridgehead atoms. The van der Waals surface area contributed by atoms with Gasteiger partial charge in [0.05, 0.1) is 38.4 Å². The molecule has 0 saturated carbocycles. The van der Waals surface area contributed by atoms with Crippen LogP contribution in [0.3, 0.4) is 0 Å². The number of anilines is 1. The van der Waals surface area contributed by atoms with Gasteiger partial charge in [-0.3, -0.25) is 9.59 Å². The lowest BCUT2D eigenvalue weighted by molar-refractivity contribution is 0.0946. The predicted molar refractivity (Wildman–Crippen MR) is 142 cm³/mol. The molecular formula is C29H31N3O3S. The van der Waals surface area contributed by atoms with Gasteiger partial charge in [0.15, 0.2) is 0 Å². The maximum Gasteiger partial charge on any atom is 0.259 e. The number of carbonyl (C=O) groups is 2. The average molecular weight is 502 g/mol. The molecular weight excluding hydrogens is 470 g/mol. The van der Waals surface area contributed by atoms with Crippen molar-refractivity contribution in [2.24, 2.45) is 0 Å². The summed E-state index contributed by atoms with van der Waals surface area (Å²) in [5.74, 6) is -0.408. The van der Waals surface area contributed by atoms with Gasteiger partial charge in [0.25, 0.3) is 11.8 Å². The fourth-order valence-corrected chi connectivity index (χ4v) is 6.28. The molecule has 1 saturated heterocycles. The fraction of sp³-hybridized carbons (Fsp3) is 0.310. The van der Waals surface area contributed by atoms with E-state index in [1.807, 2.05) is 26.0 Å². The van der Waals surface area contributed by atoms with Crippen molar-refractivity contribution >= 4 is 28.3 Å². The monoisotopic (exact) mass is 501 g/mol. The largest absolute Gasteiger partial charge is 0.351 e. The summed E-state index contributed by atoms with van der Waals surface area (Å²) < 4.78 is 13.6. The normalized spacial score (nSPS) is 17.4. The molecule has 7 heteroatoms. The number of rotatable bonds is 6. The Morgan fingerprint density at radius 1 is 0.972 bits per heavy atom. The van der Waals surface area contributed by atoms with E-state index >= 15 is 0 Å². The van der Waals surface area contributed by atoms with E-state index in [9.17, 15) is 13.8 Å². The molecule has 2 amide bonds. The lowest BCUT2D eigenvalue weighted by atomic mass is 10.0. The molecule has 2 heterocycles. The maximum absolute atomic E-state index is 13.8. The molecule has 0 spiro atoms. The van der Waals surface area contributed by atoms with E-state index < -0.39 is 10.8 Å². The Morgan fingerprint density at radius 3 is 2.56 bits per heavy atom. The van der Waals surface area contributed by atoms with Gasteiger partial charge in [-0.15, -0.1) is 0 Å². The summed E-state index contributed by atoms with van der Waals surface area (Å²) in [5, 5.41) is 3.01. The van der Waals surface area contributed by atoms with Crippen molar-refractivity contribution in [3.63, 3.8) is 0 Å². The first-order chi connectivity index (χ1) is 17.4. The second kappa shape index (κ2) is 10.4. The topological polar surface area (TPSA) is 69.7 Å². The molecule has 1 fully saturated rings. The van der Waals surface area contributed by atoms with Gasteiger partial charge in [-0.2, -0.15) is 0 Å². The Kier molecular flexibility index (Phi) is 7.03. The molecule has 3 aromatic rings. The SMILES string of the molecule is Cc1ccc(C)c(CN2C(=O)c3ccccc3S(=O)c3ccc(C(=O)NCCN4CCCC4)cc32)c1. The van der Waals surface area contributed by atoms with Crippen molar-refractivity contribution in [1.82, 2.24) is 10.2 Å². The number of nitrogens with zero attached hydrogens (tertiary/aromatic N) is 2. The number of aryl methyl sites for hydroxylation is 2. The minimum absolute atomic E-state index is 0.191. The molecule has 1 unspecified atom stereocenters. The molecule has 2 aliphatic heterocycles. The minimum Gasteiger partial charge on any atom is -0.351 e. The number of benzene rings is 3. The number of likely N-dealkylation sites (tertiary alicyclic amines) is 1. The van der Waals surface area contributed by atoms with E-state index in [0.717, 1.165) is 36.3 Å². The van der Waals surface area contributed by atoms with Crippen LogP contribution in [0.2, 0.25) is 0 Å². The van der Waals surface area contributed by atoms with Crippen LogP contribution in [-0.4, -0.2) is 47.1 Å². The molecule has 2 aliphatic rings. The average Bonchev–Trinajstić information content (AvgIpc) is 3.39. The van der Waals surface area contributed by atoms with Crippen LogP contribution in [0.4, 0.5) is 5.69 Å². The van der Waals surface area contributed by atoms with Crippen LogP contribution in [0.15, 0.2) is 70.5 Å². The zero-order chi connectivity index (χ0) is 25.2. The van der Waals surface area contributed by atoms with Crippen molar-refractivity contribution in [2.75, 3.05) is 31.1 Å². The summed E-state index contributed by atoms with van der Waals surface area (Å²) >= 11 is 0. The number of amides is 2. The number of carbonyl (C=O) groups excluding carboxylic acids is 2. The lowest BCUT2D eigenvalue weighted by Gasteiger charge is -2.24. The van der Waals surface area contributed by atoms with Gasteiger partial charge in [-0.25, -0.2) is 4.21 Å². The van der Waals surface area contributed by atoms with E-state index in [-0.39, 0.29) is 11.8 Å². The van der Waals surface area contributed by atoms with E-state index in [2.05, 4.69) is 16.3 Å². The molecule has 36 heavy (non-hydrogen) atoms. The second-order valence-electron chi connectivity index (χ2n) is 9.57. The van der Waals surface area contributed by atoms with Crippen molar-refractivity contribution in [1.29, 1.82) is 0 Å². The first-order valence-corrected chi connectivity index (χ1v) is 13.6. The highest BCUT2D eigenvalue weighted by Crippen LogP contribution is 2.36. The molecule has 1 atom stereocenters. The highest BCUT2D eigenvalue weighted by Gasteiger charge is 2.31. The third kappa shape index (κ3) is 4.86. The third-order valence-electron chi connectivity index (χ3n) is 7.02. The van der Waals surface area contributed by atoms with Crippen LogP contribution in [-0.2, 0) is 17.3 Å².